The first kappa shape index (κ1) is 9.42. The monoisotopic (exact) mass is 188 g/mol. The lowest BCUT2D eigenvalue weighted by Gasteiger charge is -2.63. The molecule has 2 aliphatic carbocycles. The van der Waals surface area contributed by atoms with Crippen molar-refractivity contribution in [1.82, 2.24) is 0 Å². The summed E-state index contributed by atoms with van der Waals surface area (Å²) in [6.07, 6.45) is 2.35. The molecule has 0 N–H and O–H groups in total. The standard InChI is InChI=1S/C11H18F2/c1-8(2)9(3)4-10(5-9)6-11(12,13)7-10/h8H,4-7H2,1-3H3. The summed E-state index contributed by atoms with van der Waals surface area (Å²) >= 11 is 0. The molecule has 76 valence electrons. The van der Waals surface area contributed by atoms with E-state index in [4.69, 9.17) is 0 Å². The van der Waals surface area contributed by atoms with Gasteiger partial charge in [-0.05, 0) is 29.6 Å². The summed E-state index contributed by atoms with van der Waals surface area (Å²) in [5, 5.41) is 0. The lowest BCUT2D eigenvalue weighted by Crippen LogP contribution is -2.58. The van der Waals surface area contributed by atoms with E-state index < -0.39 is 5.92 Å². The second-order valence-electron chi connectivity index (χ2n) is 5.87. The Bertz CT molecular complexity index is 214. The minimum absolute atomic E-state index is 0.0442. The van der Waals surface area contributed by atoms with Crippen LogP contribution in [0.5, 0.6) is 0 Å². The van der Waals surface area contributed by atoms with E-state index in [0.29, 0.717) is 11.3 Å². The highest BCUT2D eigenvalue weighted by Crippen LogP contribution is 2.70. The molecule has 0 heterocycles. The molecule has 2 fully saturated rings. The van der Waals surface area contributed by atoms with Gasteiger partial charge in [0.15, 0.2) is 0 Å². The number of hydrogen-bond acceptors (Lipinski definition) is 0. The first-order valence-electron chi connectivity index (χ1n) is 5.15. The van der Waals surface area contributed by atoms with E-state index in [-0.39, 0.29) is 18.3 Å². The lowest BCUT2D eigenvalue weighted by molar-refractivity contribution is -0.235. The smallest absolute Gasteiger partial charge is 0.207 e. The van der Waals surface area contributed by atoms with Gasteiger partial charge >= 0.3 is 0 Å². The third-order valence-electron chi connectivity index (χ3n) is 4.22. The Morgan fingerprint density at radius 2 is 1.46 bits per heavy atom. The van der Waals surface area contributed by atoms with Gasteiger partial charge in [0.25, 0.3) is 0 Å². The highest BCUT2D eigenvalue weighted by atomic mass is 19.3. The van der Waals surface area contributed by atoms with Crippen LogP contribution in [0.2, 0.25) is 0 Å². The second-order valence-corrected chi connectivity index (χ2v) is 5.87. The van der Waals surface area contributed by atoms with E-state index in [1.165, 1.54) is 0 Å². The molecule has 0 aromatic carbocycles. The molecular weight excluding hydrogens is 170 g/mol. The van der Waals surface area contributed by atoms with Gasteiger partial charge in [-0.2, -0.15) is 0 Å². The van der Waals surface area contributed by atoms with E-state index >= 15 is 0 Å². The van der Waals surface area contributed by atoms with E-state index in [1.54, 1.807) is 0 Å². The van der Waals surface area contributed by atoms with Crippen molar-refractivity contribution in [3.8, 4) is 0 Å². The first-order valence-corrected chi connectivity index (χ1v) is 5.15. The molecule has 2 aliphatic rings. The molecule has 0 aromatic rings. The molecular formula is C11H18F2. The summed E-state index contributed by atoms with van der Waals surface area (Å²) in [5.74, 6) is -1.70. The van der Waals surface area contributed by atoms with Crippen LogP contribution < -0.4 is 0 Å². The maximum absolute atomic E-state index is 12.7. The molecule has 0 aromatic heterocycles. The van der Waals surface area contributed by atoms with E-state index in [2.05, 4.69) is 20.8 Å². The fraction of sp³-hybridized carbons (Fsp3) is 1.00. The Labute approximate surface area is 78.7 Å². The number of halogens is 2. The highest BCUT2D eigenvalue weighted by molar-refractivity contribution is 5.11. The quantitative estimate of drug-likeness (QED) is 0.586. The Hall–Kier alpha value is -0.140. The summed E-state index contributed by atoms with van der Waals surface area (Å²) in [7, 11) is 0. The molecule has 0 bridgehead atoms. The largest absolute Gasteiger partial charge is 0.249 e. The average molecular weight is 188 g/mol. The first-order chi connectivity index (χ1) is 5.77. The molecule has 2 heteroatoms. The Morgan fingerprint density at radius 1 is 1.00 bits per heavy atom. The Morgan fingerprint density at radius 3 is 1.77 bits per heavy atom. The van der Waals surface area contributed by atoms with Crippen LogP contribution in [0.3, 0.4) is 0 Å². The highest BCUT2D eigenvalue weighted by Gasteiger charge is 2.65. The summed E-state index contributed by atoms with van der Waals surface area (Å²) in [6.45, 7) is 6.63. The minimum Gasteiger partial charge on any atom is -0.207 e. The van der Waals surface area contributed by atoms with Crippen molar-refractivity contribution in [1.29, 1.82) is 0 Å². The lowest BCUT2D eigenvalue weighted by atomic mass is 9.42. The van der Waals surface area contributed by atoms with Gasteiger partial charge in [0, 0.05) is 12.8 Å². The van der Waals surface area contributed by atoms with E-state index in [1.807, 2.05) is 0 Å². The fourth-order valence-corrected chi connectivity index (χ4v) is 3.37. The predicted octanol–water partition coefficient (Wildman–Crippen LogP) is 3.86. The third kappa shape index (κ3) is 1.29. The van der Waals surface area contributed by atoms with Crippen LogP contribution in [0, 0.1) is 16.7 Å². The molecule has 2 saturated carbocycles. The van der Waals surface area contributed by atoms with Gasteiger partial charge in [0.2, 0.25) is 5.92 Å². The van der Waals surface area contributed by atoms with Crippen molar-refractivity contribution in [3.05, 3.63) is 0 Å². The number of rotatable bonds is 1. The molecule has 0 saturated heterocycles. The zero-order valence-corrected chi connectivity index (χ0v) is 8.66. The molecule has 0 atom stereocenters. The SMILES string of the molecule is CC(C)C1(C)CC2(CC(F)(F)C2)C1. The van der Waals surface area contributed by atoms with Crippen molar-refractivity contribution in [3.63, 3.8) is 0 Å². The molecule has 13 heavy (non-hydrogen) atoms. The second kappa shape index (κ2) is 2.26. The van der Waals surface area contributed by atoms with Crippen molar-refractivity contribution in [2.45, 2.75) is 52.4 Å². The van der Waals surface area contributed by atoms with Crippen LogP contribution >= 0.6 is 0 Å². The van der Waals surface area contributed by atoms with Crippen molar-refractivity contribution in [2.75, 3.05) is 0 Å². The van der Waals surface area contributed by atoms with Gasteiger partial charge in [-0.15, -0.1) is 0 Å². The van der Waals surface area contributed by atoms with Crippen LogP contribution in [-0.4, -0.2) is 5.92 Å². The summed E-state index contributed by atoms with van der Waals surface area (Å²) in [4.78, 5) is 0. The van der Waals surface area contributed by atoms with E-state index in [9.17, 15) is 8.78 Å². The van der Waals surface area contributed by atoms with E-state index in [0.717, 1.165) is 12.8 Å². The van der Waals surface area contributed by atoms with Crippen LogP contribution in [0.4, 0.5) is 8.78 Å². The van der Waals surface area contributed by atoms with Gasteiger partial charge in [0.05, 0.1) is 0 Å². The number of alkyl halides is 2. The molecule has 2 rings (SSSR count). The Kier molecular flexibility index (Phi) is 1.64. The van der Waals surface area contributed by atoms with Crippen molar-refractivity contribution < 1.29 is 8.78 Å². The average Bonchev–Trinajstić information content (AvgIpc) is 1.78. The molecule has 0 radical (unpaired) electrons. The zero-order chi connectivity index (χ0) is 9.91. The van der Waals surface area contributed by atoms with Gasteiger partial charge in [-0.3, -0.25) is 0 Å². The predicted molar refractivity (Wildman–Crippen MR) is 48.8 cm³/mol. The normalized spacial score (nSPS) is 32.8. The molecule has 0 nitrogen and oxygen atoms in total. The third-order valence-corrected chi connectivity index (χ3v) is 4.22. The van der Waals surface area contributed by atoms with Crippen LogP contribution in [-0.2, 0) is 0 Å². The van der Waals surface area contributed by atoms with Crippen LogP contribution in [0.1, 0.15) is 46.5 Å². The maximum atomic E-state index is 12.7. The molecule has 1 spiro atoms. The van der Waals surface area contributed by atoms with Gasteiger partial charge in [0.1, 0.15) is 0 Å². The summed E-state index contributed by atoms with van der Waals surface area (Å²) in [5.41, 5.74) is 0.388. The Balaban J connectivity index is 1.93. The maximum Gasteiger partial charge on any atom is 0.249 e. The summed E-state index contributed by atoms with van der Waals surface area (Å²) in [6, 6.07) is 0. The molecule has 0 amide bonds. The van der Waals surface area contributed by atoms with Gasteiger partial charge in [-0.25, -0.2) is 8.78 Å². The van der Waals surface area contributed by atoms with Crippen molar-refractivity contribution >= 4 is 0 Å². The fourth-order valence-electron chi connectivity index (χ4n) is 3.37. The van der Waals surface area contributed by atoms with Crippen LogP contribution in [0.25, 0.3) is 0 Å². The molecule has 0 unspecified atom stereocenters. The molecule has 0 aliphatic heterocycles. The van der Waals surface area contributed by atoms with Crippen molar-refractivity contribution in [2.24, 2.45) is 16.7 Å². The van der Waals surface area contributed by atoms with Crippen LogP contribution in [0.15, 0.2) is 0 Å². The minimum atomic E-state index is -2.34. The number of hydrogen-bond donors (Lipinski definition) is 0. The van der Waals surface area contributed by atoms with Gasteiger partial charge in [-0.1, -0.05) is 20.8 Å². The summed E-state index contributed by atoms with van der Waals surface area (Å²) < 4.78 is 25.4. The zero-order valence-electron chi connectivity index (χ0n) is 8.66. The topological polar surface area (TPSA) is 0 Å². The van der Waals surface area contributed by atoms with Gasteiger partial charge < -0.3 is 0 Å².